The number of nitriles is 1. The first-order valence-corrected chi connectivity index (χ1v) is 5.14. The standard InChI is InChI=1S/C11H11F2N3O2/c1-2-18-11(17)9-6(4-14)3-7(10(12)13)16-8(9)5-15/h3,10H,2,4,14H2,1H3. The molecule has 7 heteroatoms. The number of pyridine rings is 1. The minimum atomic E-state index is -2.83. The van der Waals surface area contributed by atoms with Crippen molar-refractivity contribution in [2.24, 2.45) is 5.73 Å². The number of hydrogen-bond donors (Lipinski definition) is 1. The van der Waals surface area contributed by atoms with Crippen LogP contribution in [0.15, 0.2) is 6.07 Å². The fourth-order valence-electron chi connectivity index (χ4n) is 1.40. The molecule has 2 N–H and O–H groups in total. The summed E-state index contributed by atoms with van der Waals surface area (Å²) >= 11 is 0. The summed E-state index contributed by atoms with van der Waals surface area (Å²) < 4.78 is 29.8. The smallest absolute Gasteiger partial charge is 0.341 e. The monoisotopic (exact) mass is 255 g/mol. The average Bonchev–Trinajstić information content (AvgIpc) is 2.36. The van der Waals surface area contributed by atoms with E-state index in [-0.39, 0.29) is 24.3 Å². The molecule has 1 aromatic rings. The van der Waals surface area contributed by atoms with Gasteiger partial charge in [-0.05, 0) is 18.6 Å². The molecule has 0 atom stereocenters. The Labute approximate surface area is 102 Å². The molecule has 1 aromatic heterocycles. The number of aromatic nitrogens is 1. The Morgan fingerprint density at radius 1 is 1.67 bits per heavy atom. The molecule has 0 saturated heterocycles. The highest BCUT2D eigenvalue weighted by Gasteiger charge is 2.22. The number of nitrogens with zero attached hydrogens (tertiary/aromatic N) is 2. The maximum absolute atomic E-state index is 12.6. The summed E-state index contributed by atoms with van der Waals surface area (Å²) in [5.74, 6) is -0.789. The van der Waals surface area contributed by atoms with Crippen LogP contribution in [0.5, 0.6) is 0 Å². The molecule has 1 heterocycles. The quantitative estimate of drug-likeness (QED) is 0.824. The molecule has 0 radical (unpaired) electrons. The van der Waals surface area contributed by atoms with E-state index in [0.717, 1.165) is 6.07 Å². The van der Waals surface area contributed by atoms with E-state index in [1.54, 1.807) is 13.0 Å². The molecule has 0 aliphatic heterocycles. The van der Waals surface area contributed by atoms with Gasteiger partial charge >= 0.3 is 5.97 Å². The summed E-state index contributed by atoms with van der Waals surface area (Å²) in [5.41, 5.74) is 4.38. The van der Waals surface area contributed by atoms with E-state index in [4.69, 9.17) is 15.7 Å². The van der Waals surface area contributed by atoms with Crippen LogP contribution in [-0.4, -0.2) is 17.6 Å². The van der Waals surface area contributed by atoms with Crippen molar-refractivity contribution in [2.75, 3.05) is 6.61 Å². The summed E-state index contributed by atoms with van der Waals surface area (Å²) in [5, 5.41) is 8.86. The van der Waals surface area contributed by atoms with Gasteiger partial charge < -0.3 is 10.5 Å². The number of hydrogen-bond acceptors (Lipinski definition) is 5. The first-order valence-electron chi connectivity index (χ1n) is 5.14. The maximum Gasteiger partial charge on any atom is 0.341 e. The normalized spacial score (nSPS) is 10.2. The van der Waals surface area contributed by atoms with Gasteiger partial charge in [-0.1, -0.05) is 0 Å². The first kappa shape index (κ1) is 14.0. The van der Waals surface area contributed by atoms with E-state index in [0.29, 0.717) is 0 Å². The van der Waals surface area contributed by atoms with Crippen LogP contribution in [0.4, 0.5) is 8.78 Å². The van der Waals surface area contributed by atoms with E-state index in [1.807, 2.05) is 0 Å². The van der Waals surface area contributed by atoms with Crippen LogP contribution in [0.3, 0.4) is 0 Å². The second kappa shape index (κ2) is 6.02. The van der Waals surface area contributed by atoms with Crippen LogP contribution in [-0.2, 0) is 11.3 Å². The highest BCUT2D eigenvalue weighted by molar-refractivity contribution is 5.93. The van der Waals surface area contributed by atoms with Gasteiger partial charge in [0.2, 0.25) is 0 Å². The van der Waals surface area contributed by atoms with Gasteiger partial charge in [-0.15, -0.1) is 0 Å². The van der Waals surface area contributed by atoms with Crippen LogP contribution >= 0.6 is 0 Å². The predicted molar refractivity (Wildman–Crippen MR) is 57.8 cm³/mol. The molecule has 96 valence electrons. The zero-order valence-corrected chi connectivity index (χ0v) is 9.61. The number of halogens is 2. The Bertz CT molecular complexity index is 498. The van der Waals surface area contributed by atoms with Crippen LogP contribution in [0, 0.1) is 11.3 Å². The van der Waals surface area contributed by atoms with Crippen molar-refractivity contribution in [3.8, 4) is 6.07 Å². The van der Waals surface area contributed by atoms with Crippen molar-refractivity contribution in [1.29, 1.82) is 5.26 Å². The lowest BCUT2D eigenvalue weighted by Crippen LogP contribution is -2.15. The Kier molecular flexibility index (Phi) is 4.68. The molecule has 5 nitrogen and oxygen atoms in total. The molecule has 0 amide bonds. The first-order chi connectivity index (χ1) is 8.54. The molecule has 0 unspecified atom stereocenters. The van der Waals surface area contributed by atoms with Gasteiger partial charge in [-0.3, -0.25) is 0 Å². The SMILES string of the molecule is CCOC(=O)c1c(CN)cc(C(F)F)nc1C#N. The topological polar surface area (TPSA) is 89.0 Å². The van der Waals surface area contributed by atoms with Gasteiger partial charge in [0, 0.05) is 6.54 Å². The average molecular weight is 255 g/mol. The van der Waals surface area contributed by atoms with Gasteiger partial charge in [0.05, 0.1) is 6.61 Å². The zero-order valence-electron chi connectivity index (χ0n) is 9.61. The second-order valence-corrected chi connectivity index (χ2v) is 3.27. The van der Waals surface area contributed by atoms with Crippen molar-refractivity contribution < 1.29 is 18.3 Å². The van der Waals surface area contributed by atoms with E-state index in [1.165, 1.54) is 0 Å². The van der Waals surface area contributed by atoms with Crippen LogP contribution < -0.4 is 5.73 Å². The van der Waals surface area contributed by atoms with Crippen molar-refractivity contribution in [1.82, 2.24) is 4.98 Å². The number of carbonyl (C=O) groups is 1. The molecule has 1 rings (SSSR count). The van der Waals surface area contributed by atoms with Crippen molar-refractivity contribution in [3.05, 3.63) is 28.6 Å². The number of nitrogens with two attached hydrogens (primary N) is 1. The van der Waals surface area contributed by atoms with E-state index >= 15 is 0 Å². The molecule has 0 saturated carbocycles. The molecule has 0 fully saturated rings. The number of alkyl halides is 2. The molecule has 0 aromatic carbocycles. The van der Waals surface area contributed by atoms with Gasteiger partial charge in [-0.2, -0.15) is 5.26 Å². The second-order valence-electron chi connectivity index (χ2n) is 3.27. The van der Waals surface area contributed by atoms with Crippen LogP contribution in [0.25, 0.3) is 0 Å². The largest absolute Gasteiger partial charge is 0.462 e. The van der Waals surface area contributed by atoms with Crippen molar-refractivity contribution in [2.45, 2.75) is 19.9 Å². The van der Waals surface area contributed by atoms with Crippen LogP contribution in [0.1, 0.15) is 40.7 Å². The van der Waals surface area contributed by atoms with Gasteiger partial charge in [-0.25, -0.2) is 18.6 Å². The summed E-state index contributed by atoms with van der Waals surface area (Å²) in [6, 6.07) is 2.62. The third-order valence-electron chi connectivity index (χ3n) is 2.15. The maximum atomic E-state index is 12.6. The highest BCUT2D eigenvalue weighted by atomic mass is 19.3. The summed E-state index contributed by atoms with van der Waals surface area (Å²) in [6.07, 6.45) is -2.83. The lowest BCUT2D eigenvalue weighted by molar-refractivity contribution is 0.0523. The third-order valence-corrected chi connectivity index (χ3v) is 2.15. The van der Waals surface area contributed by atoms with Crippen LogP contribution in [0.2, 0.25) is 0 Å². The minimum absolute atomic E-state index is 0.101. The van der Waals surface area contributed by atoms with E-state index in [2.05, 4.69) is 4.98 Å². The fourth-order valence-corrected chi connectivity index (χ4v) is 1.40. The van der Waals surface area contributed by atoms with Gasteiger partial charge in [0.1, 0.15) is 17.3 Å². The summed E-state index contributed by atoms with van der Waals surface area (Å²) in [4.78, 5) is 15.1. The van der Waals surface area contributed by atoms with Gasteiger partial charge in [0.15, 0.2) is 5.69 Å². The zero-order chi connectivity index (χ0) is 13.7. The lowest BCUT2D eigenvalue weighted by atomic mass is 10.1. The molecule has 0 aliphatic carbocycles. The molecular formula is C11H11F2N3O2. The molecule has 0 spiro atoms. The third kappa shape index (κ3) is 2.78. The van der Waals surface area contributed by atoms with Crippen molar-refractivity contribution in [3.63, 3.8) is 0 Å². The Morgan fingerprint density at radius 3 is 2.78 bits per heavy atom. The van der Waals surface area contributed by atoms with Gasteiger partial charge in [0.25, 0.3) is 6.43 Å². The number of ether oxygens (including phenoxy) is 1. The number of rotatable bonds is 4. The molecule has 0 bridgehead atoms. The van der Waals surface area contributed by atoms with Crippen molar-refractivity contribution >= 4 is 5.97 Å². The van der Waals surface area contributed by atoms with E-state index < -0.39 is 23.8 Å². The lowest BCUT2D eigenvalue weighted by Gasteiger charge is -2.10. The summed E-state index contributed by atoms with van der Waals surface area (Å²) in [6.45, 7) is 1.53. The molecule has 0 aliphatic rings. The molecular weight excluding hydrogens is 244 g/mol. The number of esters is 1. The number of carbonyl (C=O) groups excluding carboxylic acids is 1. The molecule has 18 heavy (non-hydrogen) atoms. The van der Waals surface area contributed by atoms with E-state index in [9.17, 15) is 13.6 Å². The highest BCUT2D eigenvalue weighted by Crippen LogP contribution is 2.22. The Morgan fingerprint density at radius 2 is 2.33 bits per heavy atom. The Hall–Kier alpha value is -2.07. The summed E-state index contributed by atoms with van der Waals surface area (Å²) in [7, 11) is 0. The predicted octanol–water partition coefficient (Wildman–Crippen LogP) is 1.53. The minimum Gasteiger partial charge on any atom is -0.462 e. The fraction of sp³-hybridized carbons (Fsp3) is 0.364. The Balaban J connectivity index is 3.40.